The third kappa shape index (κ3) is 5.89. The fraction of sp³-hybridized carbons (Fsp3) is 0.667. The molecule has 0 fully saturated rings. The van der Waals surface area contributed by atoms with Crippen LogP contribution in [0.4, 0.5) is 4.39 Å². The van der Waals surface area contributed by atoms with Crippen LogP contribution in [0.25, 0.3) is 0 Å². The number of rotatable bonds is 2. The van der Waals surface area contributed by atoms with Gasteiger partial charge in [-0.25, -0.2) is 4.39 Å². The van der Waals surface area contributed by atoms with Gasteiger partial charge in [0.15, 0.2) is 0 Å². The molecule has 2 heteroatoms. The van der Waals surface area contributed by atoms with E-state index in [1.807, 2.05) is 0 Å². The van der Waals surface area contributed by atoms with E-state index < -0.39 is 8.07 Å². The van der Waals surface area contributed by atoms with E-state index >= 15 is 0 Å². The Morgan fingerprint density at radius 3 is 1.88 bits per heavy atom. The van der Waals surface area contributed by atoms with Gasteiger partial charge >= 0.3 is 0 Å². The maximum atomic E-state index is 12.0. The van der Waals surface area contributed by atoms with Crippen LogP contribution in [0.1, 0.15) is 0 Å². The fourth-order valence-corrected chi connectivity index (χ4v) is 1.73. The Labute approximate surface area is 51.4 Å². The van der Waals surface area contributed by atoms with Crippen molar-refractivity contribution >= 4 is 8.07 Å². The van der Waals surface area contributed by atoms with Gasteiger partial charge in [0.2, 0.25) is 0 Å². The van der Waals surface area contributed by atoms with Crippen molar-refractivity contribution in [3.05, 3.63) is 12.4 Å². The average molecular weight is 132 g/mol. The normalized spacial score (nSPS) is 11.5. The molecule has 0 spiro atoms. The first-order valence-electron chi connectivity index (χ1n) is 2.75. The lowest BCUT2D eigenvalue weighted by atomic mass is 10.7. The van der Waals surface area contributed by atoms with Gasteiger partial charge in [0.1, 0.15) is 0 Å². The highest BCUT2D eigenvalue weighted by Gasteiger charge is 2.13. The Morgan fingerprint density at radius 1 is 1.50 bits per heavy atom. The van der Waals surface area contributed by atoms with Crippen LogP contribution in [0.5, 0.6) is 0 Å². The average Bonchev–Trinajstić information content (AvgIpc) is 1.21. The minimum atomic E-state index is -1.19. The molecule has 0 saturated heterocycles. The molecule has 0 radical (unpaired) electrons. The highest BCUT2D eigenvalue weighted by molar-refractivity contribution is 6.76. The molecule has 0 N–H and O–H groups in total. The Kier molecular flexibility index (Phi) is 2.41. The van der Waals surface area contributed by atoms with E-state index in [1.54, 1.807) is 0 Å². The molecule has 8 heavy (non-hydrogen) atoms. The second kappa shape index (κ2) is 2.44. The van der Waals surface area contributed by atoms with Crippen LogP contribution >= 0.6 is 0 Å². The summed E-state index contributed by atoms with van der Waals surface area (Å²) in [6.07, 6.45) is 0. The predicted octanol–water partition coefficient (Wildman–Crippen LogP) is 2.81. The molecule has 48 valence electrons. The molecule has 0 saturated carbocycles. The highest BCUT2D eigenvalue weighted by atomic mass is 28.3. The van der Waals surface area contributed by atoms with Gasteiger partial charge in [0.05, 0.1) is 13.9 Å². The monoisotopic (exact) mass is 132 g/mol. The Morgan fingerprint density at radius 2 is 1.88 bits per heavy atom. The standard InChI is InChI=1S/C6H13FSi/c1-6(7)5-8(2,3)4/h1,5H2,2-4H3. The molecule has 0 aliphatic heterocycles. The summed E-state index contributed by atoms with van der Waals surface area (Å²) in [5.41, 5.74) is 0. The quantitative estimate of drug-likeness (QED) is 0.507. The maximum absolute atomic E-state index is 12.0. The van der Waals surface area contributed by atoms with E-state index in [9.17, 15) is 4.39 Å². The zero-order valence-corrected chi connectivity index (χ0v) is 6.79. The third-order valence-electron chi connectivity index (χ3n) is 0.722. The molecule has 0 bridgehead atoms. The third-order valence-corrected chi connectivity index (χ3v) is 2.17. The lowest BCUT2D eigenvalue weighted by Crippen LogP contribution is -2.18. The van der Waals surface area contributed by atoms with Crippen LogP contribution < -0.4 is 0 Å². The first kappa shape index (κ1) is 7.89. The smallest absolute Gasteiger partial charge is 0.0901 e. The molecule has 0 unspecified atom stereocenters. The van der Waals surface area contributed by atoms with Crippen LogP contribution in [0.3, 0.4) is 0 Å². The van der Waals surface area contributed by atoms with Gasteiger partial charge in [0, 0.05) is 0 Å². The van der Waals surface area contributed by atoms with Gasteiger partial charge < -0.3 is 0 Å². The van der Waals surface area contributed by atoms with E-state index in [2.05, 4.69) is 26.2 Å². The van der Waals surface area contributed by atoms with Crippen LogP contribution in [-0.2, 0) is 0 Å². The van der Waals surface area contributed by atoms with Crippen LogP contribution in [0.15, 0.2) is 12.4 Å². The first-order valence-corrected chi connectivity index (χ1v) is 6.46. The van der Waals surface area contributed by atoms with Crippen molar-refractivity contribution in [3.63, 3.8) is 0 Å². The van der Waals surface area contributed by atoms with Crippen molar-refractivity contribution in [1.82, 2.24) is 0 Å². The minimum absolute atomic E-state index is 0.163. The lowest BCUT2D eigenvalue weighted by molar-refractivity contribution is 0.641. The van der Waals surface area contributed by atoms with Crippen LogP contribution in [-0.4, -0.2) is 8.07 Å². The molecule has 0 amide bonds. The first-order chi connectivity index (χ1) is 3.42. The topological polar surface area (TPSA) is 0 Å². The summed E-state index contributed by atoms with van der Waals surface area (Å²) >= 11 is 0. The Hall–Kier alpha value is -0.113. The zero-order valence-electron chi connectivity index (χ0n) is 5.79. The summed E-state index contributed by atoms with van der Waals surface area (Å²) in [6, 6.07) is 0.604. The van der Waals surface area contributed by atoms with E-state index in [0.717, 1.165) is 0 Å². The maximum Gasteiger partial charge on any atom is 0.0901 e. The highest BCUT2D eigenvalue weighted by Crippen LogP contribution is 2.14. The molecular weight excluding hydrogens is 119 g/mol. The van der Waals surface area contributed by atoms with Crippen molar-refractivity contribution < 1.29 is 4.39 Å². The molecule has 0 nitrogen and oxygen atoms in total. The predicted molar refractivity (Wildman–Crippen MR) is 38.4 cm³/mol. The van der Waals surface area contributed by atoms with Crippen LogP contribution in [0, 0.1) is 0 Å². The van der Waals surface area contributed by atoms with E-state index in [1.165, 1.54) is 0 Å². The van der Waals surface area contributed by atoms with Gasteiger partial charge in [-0.1, -0.05) is 26.2 Å². The summed E-state index contributed by atoms with van der Waals surface area (Å²) in [4.78, 5) is 0. The molecular formula is C6H13FSi. The van der Waals surface area contributed by atoms with Gasteiger partial charge in [-0.3, -0.25) is 0 Å². The van der Waals surface area contributed by atoms with Gasteiger partial charge in [-0.15, -0.1) is 0 Å². The molecule has 0 aliphatic carbocycles. The molecule has 0 aromatic rings. The van der Waals surface area contributed by atoms with E-state index in [-0.39, 0.29) is 5.83 Å². The van der Waals surface area contributed by atoms with Crippen molar-refractivity contribution in [3.8, 4) is 0 Å². The summed E-state index contributed by atoms with van der Waals surface area (Å²) in [5.74, 6) is -0.163. The molecule has 0 aromatic heterocycles. The van der Waals surface area contributed by atoms with Gasteiger partial charge in [-0.05, 0) is 6.04 Å². The number of allylic oxidation sites excluding steroid dienone is 1. The molecule has 0 rings (SSSR count). The second-order valence-electron chi connectivity index (χ2n) is 3.25. The molecule has 0 heterocycles. The zero-order chi connectivity index (χ0) is 6.78. The van der Waals surface area contributed by atoms with E-state index in [0.29, 0.717) is 6.04 Å². The molecule has 0 aromatic carbocycles. The minimum Gasteiger partial charge on any atom is -0.213 e. The van der Waals surface area contributed by atoms with Gasteiger partial charge in [-0.2, -0.15) is 0 Å². The largest absolute Gasteiger partial charge is 0.213 e. The lowest BCUT2D eigenvalue weighted by Gasteiger charge is -2.12. The summed E-state index contributed by atoms with van der Waals surface area (Å²) < 4.78 is 12.0. The van der Waals surface area contributed by atoms with Crippen molar-refractivity contribution in [2.45, 2.75) is 25.7 Å². The summed E-state index contributed by atoms with van der Waals surface area (Å²) in [6.45, 7) is 9.58. The SMILES string of the molecule is C=C(F)C[Si](C)(C)C. The Balaban J connectivity index is 3.55. The Bertz CT molecular complexity index is 91.2. The fourth-order valence-electron chi connectivity index (χ4n) is 0.575. The number of hydrogen-bond acceptors (Lipinski definition) is 0. The van der Waals surface area contributed by atoms with E-state index in [4.69, 9.17) is 0 Å². The van der Waals surface area contributed by atoms with Crippen molar-refractivity contribution in [2.24, 2.45) is 0 Å². The summed E-state index contributed by atoms with van der Waals surface area (Å²) in [5, 5.41) is 0. The number of halogens is 1. The second-order valence-corrected chi connectivity index (χ2v) is 8.73. The molecule has 0 aliphatic rings. The van der Waals surface area contributed by atoms with Crippen molar-refractivity contribution in [2.75, 3.05) is 0 Å². The van der Waals surface area contributed by atoms with Gasteiger partial charge in [0.25, 0.3) is 0 Å². The van der Waals surface area contributed by atoms with Crippen molar-refractivity contribution in [1.29, 1.82) is 0 Å². The number of hydrogen-bond donors (Lipinski definition) is 0. The molecule has 0 atom stereocenters. The van der Waals surface area contributed by atoms with Crippen LogP contribution in [0.2, 0.25) is 25.7 Å². The summed E-state index contributed by atoms with van der Waals surface area (Å²) in [7, 11) is -1.19.